The Morgan fingerprint density at radius 3 is 2.29 bits per heavy atom. The fourth-order valence-corrected chi connectivity index (χ4v) is 1.80. The second kappa shape index (κ2) is 5.40. The third kappa shape index (κ3) is 3.36. The molecule has 0 atom stereocenters. The van der Waals surface area contributed by atoms with Gasteiger partial charge in [0.15, 0.2) is 5.82 Å². The Morgan fingerprint density at radius 2 is 1.67 bits per heavy atom. The monoisotopic (exact) mass is 322 g/mol. The number of benzene rings is 2. The quantitative estimate of drug-likeness (QED) is 0.605. The lowest BCUT2D eigenvalue weighted by molar-refractivity contribution is -0.137. The van der Waals surface area contributed by atoms with Crippen LogP contribution in [0.1, 0.15) is 5.56 Å². The van der Waals surface area contributed by atoms with E-state index in [-0.39, 0.29) is 16.4 Å². The van der Waals surface area contributed by atoms with Crippen LogP contribution in [0, 0.1) is 11.6 Å². The number of hydrogen-bond donors (Lipinski definition) is 2. The smallest absolute Gasteiger partial charge is 0.395 e. The number of nitrogen functional groups attached to an aromatic ring is 1. The minimum atomic E-state index is -4.57. The summed E-state index contributed by atoms with van der Waals surface area (Å²) in [5, 5.41) is 2.35. The fourth-order valence-electron chi connectivity index (χ4n) is 1.63. The van der Waals surface area contributed by atoms with Gasteiger partial charge in [0.05, 0.1) is 27.6 Å². The van der Waals surface area contributed by atoms with Gasteiger partial charge in [0.25, 0.3) is 0 Å². The second-order valence-corrected chi connectivity index (χ2v) is 4.57. The van der Waals surface area contributed by atoms with Crippen molar-refractivity contribution in [2.45, 2.75) is 6.18 Å². The van der Waals surface area contributed by atoms with E-state index in [9.17, 15) is 22.0 Å². The minimum absolute atomic E-state index is 0.0490. The lowest BCUT2D eigenvalue weighted by Crippen LogP contribution is -2.06. The van der Waals surface area contributed by atoms with Crippen molar-refractivity contribution < 1.29 is 22.0 Å². The first-order valence-electron chi connectivity index (χ1n) is 5.57. The summed E-state index contributed by atoms with van der Waals surface area (Å²) in [5.41, 5.74) is 3.65. The van der Waals surface area contributed by atoms with Crippen molar-refractivity contribution in [2.24, 2.45) is 0 Å². The molecular formula is C13H8ClF5N2. The molecule has 2 aromatic carbocycles. The molecule has 3 N–H and O–H groups in total. The van der Waals surface area contributed by atoms with Crippen LogP contribution in [-0.4, -0.2) is 0 Å². The zero-order valence-electron chi connectivity index (χ0n) is 10.2. The van der Waals surface area contributed by atoms with E-state index >= 15 is 0 Å². The summed E-state index contributed by atoms with van der Waals surface area (Å²) in [4.78, 5) is 0. The molecule has 0 aliphatic carbocycles. The molecule has 0 radical (unpaired) electrons. The van der Waals surface area contributed by atoms with Crippen molar-refractivity contribution in [3.63, 3.8) is 0 Å². The molecule has 2 nitrogen and oxygen atoms in total. The first kappa shape index (κ1) is 15.4. The van der Waals surface area contributed by atoms with Gasteiger partial charge in [0, 0.05) is 6.07 Å². The average molecular weight is 323 g/mol. The predicted octanol–water partition coefficient (Wildman–Crippen LogP) is 4.96. The van der Waals surface area contributed by atoms with Gasteiger partial charge in [-0.05, 0) is 24.3 Å². The van der Waals surface area contributed by atoms with Crippen molar-refractivity contribution in [1.82, 2.24) is 0 Å². The Balaban J connectivity index is 2.45. The van der Waals surface area contributed by atoms with Crippen LogP contribution in [0.5, 0.6) is 0 Å². The molecule has 8 heteroatoms. The van der Waals surface area contributed by atoms with Gasteiger partial charge in [-0.2, -0.15) is 13.2 Å². The van der Waals surface area contributed by atoms with Crippen molar-refractivity contribution in [3.05, 3.63) is 52.6 Å². The zero-order chi connectivity index (χ0) is 15.8. The maximum Gasteiger partial charge on any atom is 0.416 e. The molecule has 0 unspecified atom stereocenters. The van der Waals surface area contributed by atoms with Gasteiger partial charge in [-0.15, -0.1) is 0 Å². The maximum absolute atomic E-state index is 13.3. The summed E-state index contributed by atoms with van der Waals surface area (Å²) >= 11 is 5.77. The molecule has 0 spiro atoms. The fraction of sp³-hybridized carbons (Fsp3) is 0.0769. The minimum Gasteiger partial charge on any atom is -0.395 e. The van der Waals surface area contributed by atoms with Crippen molar-refractivity contribution >= 4 is 28.7 Å². The van der Waals surface area contributed by atoms with E-state index in [0.29, 0.717) is 6.07 Å². The molecule has 0 bridgehead atoms. The molecule has 0 aliphatic heterocycles. The number of rotatable bonds is 2. The number of nitrogens with one attached hydrogen (secondary N) is 1. The molecule has 21 heavy (non-hydrogen) atoms. The molecule has 0 fully saturated rings. The van der Waals surface area contributed by atoms with Gasteiger partial charge in [-0.3, -0.25) is 0 Å². The van der Waals surface area contributed by atoms with E-state index in [0.717, 1.165) is 24.3 Å². The van der Waals surface area contributed by atoms with Crippen LogP contribution in [-0.2, 0) is 6.18 Å². The lowest BCUT2D eigenvalue weighted by Gasteiger charge is -2.14. The molecule has 0 aliphatic rings. The van der Waals surface area contributed by atoms with Crippen LogP contribution in [0.15, 0.2) is 30.3 Å². The van der Waals surface area contributed by atoms with Gasteiger partial charge < -0.3 is 11.1 Å². The van der Waals surface area contributed by atoms with Crippen LogP contribution in [0.2, 0.25) is 5.02 Å². The largest absolute Gasteiger partial charge is 0.416 e. The van der Waals surface area contributed by atoms with E-state index in [4.69, 9.17) is 17.3 Å². The Morgan fingerprint density at radius 1 is 1.00 bits per heavy atom. The summed E-state index contributed by atoms with van der Waals surface area (Å²) in [6.07, 6.45) is -4.57. The number of halogens is 6. The van der Waals surface area contributed by atoms with E-state index in [1.165, 1.54) is 0 Å². The molecule has 2 aromatic rings. The molecule has 2 rings (SSSR count). The van der Waals surface area contributed by atoms with Gasteiger partial charge in [0.1, 0.15) is 5.82 Å². The summed E-state index contributed by atoms with van der Waals surface area (Å²) in [7, 11) is 0. The van der Waals surface area contributed by atoms with Crippen LogP contribution in [0.3, 0.4) is 0 Å². The molecule has 0 saturated heterocycles. The summed E-state index contributed by atoms with van der Waals surface area (Å²) in [6, 6.07) is 3.97. The van der Waals surface area contributed by atoms with E-state index in [1.807, 2.05) is 0 Å². The summed E-state index contributed by atoms with van der Waals surface area (Å²) in [5.74, 6) is -1.95. The SMILES string of the molecule is Nc1c(F)cc(F)cc1Nc1cc(C(F)(F)F)ccc1Cl. The van der Waals surface area contributed by atoms with E-state index in [1.54, 1.807) is 0 Å². The number of anilines is 3. The molecule has 0 amide bonds. The Kier molecular flexibility index (Phi) is 3.95. The standard InChI is InChI=1S/C13H8ClF5N2/c14-8-2-1-6(13(17,18)19)3-10(8)21-11-5-7(15)4-9(16)12(11)20/h1-5,21H,20H2. The highest BCUT2D eigenvalue weighted by Gasteiger charge is 2.31. The average Bonchev–Trinajstić information content (AvgIpc) is 2.36. The van der Waals surface area contributed by atoms with E-state index < -0.39 is 29.1 Å². The topological polar surface area (TPSA) is 38.0 Å². The molecule has 112 valence electrons. The summed E-state index contributed by atoms with van der Waals surface area (Å²) < 4.78 is 64.3. The van der Waals surface area contributed by atoms with Crippen LogP contribution >= 0.6 is 11.6 Å². The highest BCUT2D eigenvalue weighted by molar-refractivity contribution is 6.33. The van der Waals surface area contributed by atoms with Gasteiger partial charge in [-0.1, -0.05) is 11.6 Å². The van der Waals surface area contributed by atoms with Gasteiger partial charge in [-0.25, -0.2) is 8.78 Å². The maximum atomic E-state index is 13.3. The molecule has 0 saturated carbocycles. The summed E-state index contributed by atoms with van der Waals surface area (Å²) in [6.45, 7) is 0. The Labute approximate surface area is 121 Å². The second-order valence-electron chi connectivity index (χ2n) is 4.17. The van der Waals surface area contributed by atoms with Gasteiger partial charge in [0.2, 0.25) is 0 Å². The van der Waals surface area contributed by atoms with Crippen molar-refractivity contribution in [2.75, 3.05) is 11.1 Å². The lowest BCUT2D eigenvalue weighted by atomic mass is 10.1. The van der Waals surface area contributed by atoms with E-state index in [2.05, 4.69) is 5.32 Å². The molecular weight excluding hydrogens is 315 g/mol. The Bertz CT molecular complexity index is 685. The predicted molar refractivity (Wildman–Crippen MR) is 70.5 cm³/mol. The third-order valence-electron chi connectivity index (χ3n) is 2.66. The molecule has 0 aromatic heterocycles. The van der Waals surface area contributed by atoms with Crippen LogP contribution < -0.4 is 11.1 Å². The third-order valence-corrected chi connectivity index (χ3v) is 2.99. The zero-order valence-corrected chi connectivity index (χ0v) is 11.0. The highest BCUT2D eigenvalue weighted by atomic mass is 35.5. The first-order chi connectivity index (χ1) is 9.68. The van der Waals surface area contributed by atoms with Crippen molar-refractivity contribution in [3.8, 4) is 0 Å². The number of nitrogens with two attached hydrogens (primary N) is 1. The van der Waals surface area contributed by atoms with Crippen LogP contribution in [0.4, 0.5) is 39.0 Å². The molecule has 0 heterocycles. The first-order valence-corrected chi connectivity index (χ1v) is 5.94. The number of hydrogen-bond acceptors (Lipinski definition) is 2. The number of alkyl halides is 3. The highest BCUT2D eigenvalue weighted by Crippen LogP contribution is 2.36. The van der Waals surface area contributed by atoms with Crippen molar-refractivity contribution in [1.29, 1.82) is 0 Å². The van der Waals surface area contributed by atoms with Crippen LogP contribution in [0.25, 0.3) is 0 Å². The Hall–Kier alpha value is -2.02. The van der Waals surface area contributed by atoms with Gasteiger partial charge >= 0.3 is 6.18 Å². The normalized spacial score (nSPS) is 11.5.